The molecule has 26 heavy (non-hydrogen) atoms. The maximum atomic E-state index is 12.2. The van der Waals surface area contributed by atoms with Crippen molar-refractivity contribution in [1.82, 2.24) is 10.2 Å². The highest BCUT2D eigenvalue weighted by Crippen LogP contribution is 2.28. The molecule has 0 saturated carbocycles. The Morgan fingerprint density at radius 3 is 2.62 bits per heavy atom. The van der Waals surface area contributed by atoms with Crippen molar-refractivity contribution in [1.29, 1.82) is 0 Å². The molecule has 5 nitrogen and oxygen atoms in total. The van der Waals surface area contributed by atoms with Crippen LogP contribution < -0.4 is 15.0 Å². The monoisotopic (exact) mass is 417 g/mol. The van der Waals surface area contributed by atoms with E-state index >= 15 is 0 Å². The lowest BCUT2D eigenvalue weighted by atomic mass is 10.2. The van der Waals surface area contributed by atoms with E-state index in [0.29, 0.717) is 12.1 Å². The summed E-state index contributed by atoms with van der Waals surface area (Å²) in [5.74, 6) is 0.890. The molecule has 138 valence electrons. The summed E-state index contributed by atoms with van der Waals surface area (Å²) in [6.07, 6.45) is 0. The topological polar surface area (TPSA) is 44.8 Å². The molecule has 1 fully saturated rings. The summed E-state index contributed by atoms with van der Waals surface area (Å²) >= 11 is 3.39. The molecule has 0 aliphatic carbocycles. The van der Waals surface area contributed by atoms with Crippen LogP contribution in [-0.2, 0) is 0 Å². The molecule has 2 aromatic rings. The summed E-state index contributed by atoms with van der Waals surface area (Å²) in [5, 5.41) is 3.00. The molecular weight excluding hydrogens is 394 g/mol. The summed E-state index contributed by atoms with van der Waals surface area (Å²) in [6, 6.07) is 15.6. The third-order valence-corrected chi connectivity index (χ3v) is 5.09. The van der Waals surface area contributed by atoms with Crippen LogP contribution in [0.4, 0.5) is 5.69 Å². The number of rotatable bonds is 6. The SMILES string of the molecule is COc1ccccc1N1CCN(CCNC(=O)c2cccc(Br)c2)CC1. The fourth-order valence-corrected chi connectivity index (χ4v) is 3.56. The molecule has 1 aliphatic heterocycles. The van der Waals surface area contributed by atoms with Gasteiger partial charge >= 0.3 is 0 Å². The van der Waals surface area contributed by atoms with Crippen LogP contribution in [-0.4, -0.2) is 57.2 Å². The van der Waals surface area contributed by atoms with Gasteiger partial charge in [-0.25, -0.2) is 0 Å². The van der Waals surface area contributed by atoms with E-state index in [1.165, 1.54) is 0 Å². The van der Waals surface area contributed by atoms with Gasteiger partial charge in [0.25, 0.3) is 5.91 Å². The normalized spacial score (nSPS) is 14.9. The zero-order valence-corrected chi connectivity index (χ0v) is 16.5. The van der Waals surface area contributed by atoms with Crippen molar-refractivity contribution in [2.24, 2.45) is 0 Å². The van der Waals surface area contributed by atoms with Gasteiger partial charge in [-0.15, -0.1) is 0 Å². The number of amides is 1. The predicted molar refractivity (Wildman–Crippen MR) is 108 cm³/mol. The van der Waals surface area contributed by atoms with E-state index in [9.17, 15) is 4.79 Å². The van der Waals surface area contributed by atoms with Crippen molar-refractivity contribution in [2.45, 2.75) is 0 Å². The summed E-state index contributed by atoms with van der Waals surface area (Å²) in [7, 11) is 1.71. The Morgan fingerprint density at radius 1 is 1.12 bits per heavy atom. The number of benzene rings is 2. The minimum Gasteiger partial charge on any atom is -0.495 e. The van der Waals surface area contributed by atoms with Crippen LogP contribution in [0.5, 0.6) is 5.75 Å². The summed E-state index contributed by atoms with van der Waals surface area (Å²) in [6.45, 7) is 5.38. The van der Waals surface area contributed by atoms with Crippen molar-refractivity contribution in [3.63, 3.8) is 0 Å². The second-order valence-electron chi connectivity index (χ2n) is 6.27. The van der Waals surface area contributed by atoms with Gasteiger partial charge in [-0.3, -0.25) is 9.69 Å². The average Bonchev–Trinajstić information content (AvgIpc) is 2.68. The zero-order valence-electron chi connectivity index (χ0n) is 15.0. The summed E-state index contributed by atoms with van der Waals surface area (Å²) < 4.78 is 6.38. The second-order valence-corrected chi connectivity index (χ2v) is 7.18. The Kier molecular flexibility index (Phi) is 6.52. The van der Waals surface area contributed by atoms with Gasteiger partial charge < -0.3 is 15.0 Å². The molecule has 6 heteroatoms. The number of ether oxygens (including phenoxy) is 1. The van der Waals surface area contributed by atoms with Crippen molar-refractivity contribution >= 4 is 27.5 Å². The first-order chi connectivity index (χ1) is 12.7. The van der Waals surface area contributed by atoms with Gasteiger partial charge in [-0.2, -0.15) is 0 Å². The van der Waals surface area contributed by atoms with Crippen LogP contribution in [0.15, 0.2) is 53.0 Å². The molecule has 0 atom stereocenters. The first kappa shape index (κ1) is 18.7. The Balaban J connectivity index is 1.44. The van der Waals surface area contributed by atoms with Crippen molar-refractivity contribution in [3.8, 4) is 5.75 Å². The van der Waals surface area contributed by atoms with Crippen molar-refractivity contribution < 1.29 is 9.53 Å². The number of carbonyl (C=O) groups excluding carboxylic acids is 1. The van der Waals surface area contributed by atoms with Gasteiger partial charge in [0.2, 0.25) is 0 Å². The Labute approximate surface area is 163 Å². The molecule has 3 rings (SSSR count). The van der Waals surface area contributed by atoms with Crippen LogP contribution in [0.3, 0.4) is 0 Å². The molecule has 0 bridgehead atoms. The van der Waals surface area contributed by atoms with E-state index in [0.717, 1.165) is 48.6 Å². The highest BCUT2D eigenvalue weighted by atomic mass is 79.9. The second kappa shape index (κ2) is 9.05. The van der Waals surface area contributed by atoms with E-state index in [1.54, 1.807) is 7.11 Å². The number of carbonyl (C=O) groups is 1. The third kappa shape index (κ3) is 4.77. The molecule has 1 N–H and O–H groups in total. The van der Waals surface area contributed by atoms with Crippen molar-refractivity contribution in [3.05, 3.63) is 58.6 Å². The van der Waals surface area contributed by atoms with Crippen LogP contribution in [0, 0.1) is 0 Å². The van der Waals surface area contributed by atoms with Crippen molar-refractivity contribution in [2.75, 3.05) is 51.3 Å². The van der Waals surface area contributed by atoms with Gasteiger partial charge in [0.05, 0.1) is 12.8 Å². The lowest BCUT2D eigenvalue weighted by Crippen LogP contribution is -2.48. The molecular formula is C20H24BrN3O2. The number of anilines is 1. The molecule has 2 aromatic carbocycles. The molecule has 1 aliphatic rings. The molecule has 0 aromatic heterocycles. The van der Waals surface area contributed by atoms with E-state index in [1.807, 2.05) is 42.5 Å². The molecule has 1 amide bonds. The van der Waals surface area contributed by atoms with E-state index in [4.69, 9.17) is 4.74 Å². The molecule has 0 spiro atoms. The van der Waals surface area contributed by atoms with Crippen LogP contribution in [0.25, 0.3) is 0 Å². The van der Waals surface area contributed by atoms with Gasteiger partial charge in [0.15, 0.2) is 0 Å². The summed E-state index contributed by atoms with van der Waals surface area (Å²) in [5.41, 5.74) is 1.83. The molecule has 1 heterocycles. The van der Waals surface area contributed by atoms with Crippen LogP contribution in [0.1, 0.15) is 10.4 Å². The van der Waals surface area contributed by atoms with Crippen LogP contribution in [0.2, 0.25) is 0 Å². The minimum absolute atomic E-state index is 0.0287. The first-order valence-corrected chi connectivity index (χ1v) is 9.61. The van der Waals surface area contributed by atoms with Gasteiger partial charge in [-0.05, 0) is 30.3 Å². The minimum atomic E-state index is -0.0287. The third-order valence-electron chi connectivity index (χ3n) is 4.60. The Bertz CT molecular complexity index is 745. The largest absolute Gasteiger partial charge is 0.495 e. The zero-order chi connectivity index (χ0) is 18.4. The van der Waals surface area contributed by atoms with E-state index < -0.39 is 0 Å². The number of hydrogen-bond donors (Lipinski definition) is 1. The number of halogens is 1. The predicted octanol–water partition coefficient (Wildman–Crippen LogP) is 3.01. The maximum absolute atomic E-state index is 12.2. The molecule has 1 saturated heterocycles. The van der Waals surface area contributed by atoms with Gasteiger partial charge in [-0.1, -0.05) is 34.1 Å². The smallest absolute Gasteiger partial charge is 0.251 e. The lowest BCUT2D eigenvalue weighted by molar-refractivity contribution is 0.0947. The Hall–Kier alpha value is -2.05. The number of hydrogen-bond acceptors (Lipinski definition) is 4. The lowest BCUT2D eigenvalue weighted by Gasteiger charge is -2.36. The standard InChI is InChI=1S/C20H24BrN3O2/c1-26-19-8-3-2-7-18(19)24-13-11-23(12-14-24)10-9-22-20(25)16-5-4-6-17(21)15-16/h2-8,15H,9-14H2,1H3,(H,22,25). The number of nitrogens with one attached hydrogen (secondary N) is 1. The fraction of sp³-hybridized carbons (Fsp3) is 0.350. The van der Waals surface area contributed by atoms with E-state index in [-0.39, 0.29) is 5.91 Å². The van der Waals surface area contributed by atoms with E-state index in [2.05, 4.69) is 37.1 Å². The number of nitrogens with zero attached hydrogens (tertiary/aromatic N) is 2. The number of methoxy groups -OCH3 is 1. The first-order valence-electron chi connectivity index (χ1n) is 8.81. The Morgan fingerprint density at radius 2 is 1.88 bits per heavy atom. The highest BCUT2D eigenvalue weighted by molar-refractivity contribution is 9.10. The number of para-hydroxylation sites is 2. The van der Waals surface area contributed by atoms with Gasteiger partial charge in [0, 0.05) is 49.3 Å². The van der Waals surface area contributed by atoms with Gasteiger partial charge in [0.1, 0.15) is 5.75 Å². The quantitative estimate of drug-likeness (QED) is 0.784. The fourth-order valence-electron chi connectivity index (χ4n) is 3.16. The maximum Gasteiger partial charge on any atom is 0.251 e. The average molecular weight is 418 g/mol. The molecule has 0 radical (unpaired) electrons. The number of piperazine rings is 1. The highest BCUT2D eigenvalue weighted by Gasteiger charge is 2.19. The molecule has 0 unspecified atom stereocenters. The summed E-state index contributed by atoms with van der Waals surface area (Å²) in [4.78, 5) is 16.9. The van der Waals surface area contributed by atoms with Crippen LogP contribution >= 0.6 is 15.9 Å².